The fourth-order valence-corrected chi connectivity index (χ4v) is 2.08. The molecule has 0 unspecified atom stereocenters. The van der Waals surface area contributed by atoms with Crippen molar-refractivity contribution in [2.24, 2.45) is 0 Å². The molecule has 0 radical (unpaired) electrons. The van der Waals surface area contributed by atoms with E-state index < -0.39 is 5.97 Å². The van der Waals surface area contributed by atoms with Crippen LogP contribution in [0.3, 0.4) is 0 Å². The molecule has 0 atom stereocenters. The largest absolute Gasteiger partial charge is 0.483 e. The van der Waals surface area contributed by atoms with Gasteiger partial charge in [-0.25, -0.2) is 4.79 Å². The van der Waals surface area contributed by atoms with Gasteiger partial charge in [0.1, 0.15) is 10.6 Å². The second kappa shape index (κ2) is 7.00. The summed E-state index contributed by atoms with van der Waals surface area (Å²) in [7, 11) is 0. The molecule has 1 heterocycles. The Bertz CT molecular complexity index is 412. The lowest BCUT2D eigenvalue weighted by atomic mass is 10.2. The molecule has 6 heteroatoms. The van der Waals surface area contributed by atoms with Crippen LogP contribution in [0, 0.1) is 0 Å². The quantitative estimate of drug-likeness (QED) is 0.796. The number of thiophene rings is 1. The standard InChI is InChI=1S/C12H17NO4S/c1-3-8(4-2)13-11(14)6-17-9-5-10(12(15)16)18-7-9/h5,7-8H,3-4,6H2,1-2H3,(H,13,14)(H,15,16). The summed E-state index contributed by atoms with van der Waals surface area (Å²) in [5.74, 6) is -0.764. The molecule has 0 aliphatic heterocycles. The summed E-state index contributed by atoms with van der Waals surface area (Å²) in [6, 6.07) is 1.58. The summed E-state index contributed by atoms with van der Waals surface area (Å²) < 4.78 is 5.22. The van der Waals surface area contributed by atoms with Crippen LogP contribution in [-0.4, -0.2) is 29.6 Å². The van der Waals surface area contributed by atoms with E-state index in [1.807, 2.05) is 13.8 Å². The van der Waals surface area contributed by atoms with E-state index in [9.17, 15) is 9.59 Å². The highest BCUT2D eigenvalue weighted by Crippen LogP contribution is 2.21. The van der Waals surface area contributed by atoms with Crippen molar-refractivity contribution in [2.75, 3.05) is 6.61 Å². The van der Waals surface area contributed by atoms with Crippen molar-refractivity contribution >= 4 is 23.2 Å². The first-order valence-corrected chi connectivity index (χ1v) is 6.68. The van der Waals surface area contributed by atoms with Crippen molar-refractivity contribution in [3.8, 4) is 5.75 Å². The average molecular weight is 271 g/mol. The van der Waals surface area contributed by atoms with Crippen molar-refractivity contribution < 1.29 is 19.4 Å². The fourth-order valence-electron chi connectivity index (χ4n) is 1.42. The highest BCUT2D eigenvalue weighted by molar-refractivity contribution is 7.12. The van der Waals surface area contributed by atoms with E-state index in [0.29, 0.717) is 5.75 Å². The number of nitrogens with one attached hydrogen (secondary N) is 1. The summed E-state index contributed by atoms with van der Waals surface area (Å²) in [4.78, 5) is 22.4. The van der Waals surface area contributed by atoms with Gasteiger partial charge in [0.2, 0.25) is 0 Å². The number of ether oxygens (including phenoxy) is 1. The Labute approximate surface area is 110 Å². The third-order valence-corrected chi connectivity index (χ3v) is 3.40. The molecule has 18 heavy (non-hydrogen) atoms. The molecule has 1 rings (SSSR count). The Hall–Kier alpha value is -1.56. The van der Waals surface area contributed by atoms with Gasteiger partial charge in [-0.15, -0.1) is 11.3 Å². The number of aromatic carboxylic acids is 1. The molecule has 0 aliphatic carbocycles. The highest BCUT2D eigenvalue weighted by Gasteiger charge is 2.11. The van der Waals surface area contributed by atoms with Gasteiger partial charge in [-0.1, -0.05) is 13.8 Å². The predicted octanol–water partition coefficient (Wildman–Crippen LogP) is 2.13. The molecule has 1 aromatic rings. The van der Waals surface area contributed by atoms with Crippen LogP contribution in [0.1, 0.15) is 36.4 Å². The second-order valence-corrected chi connectivity index (χ2v) is 4.73. The zero-order chi connectivity index (χ0) is 13.5. The van der Waals surface area contributed by atoms with E-state index in [-0.39, 0.29) is 23.4 Å². The number of carboxylic acids is 1. The number of amides is 1. The SMILES string of the molecule is CCC(CC)NC(=O)COc1csc(C(=O)O)c1. The Morgan fingerprint density at radius 3 is 2.61 bits per heavy atom. The molecule has 0 spiro atoms. The van der Waals surface area contributed by atoms with Crippen LogP contribution < -0.4 is 10.1 Å². The molecule has 0 bridgehead atoms. The first-order valence-electron chi connectivity index (χ1n) is 5.80. The normalized spacial score (nSPS) is 10.4. The Morgan fingerprint density at radius 2 is 2.11 bits per heavy atom. The lowest BCUT2D eigenvalue weighted by Crippen LogP contribution is -2.37. The highest BCUT2D eigenvalue weighted by atomic mass is 32.1. The minimum Gasteiger partial charge on any atom is -0.483 e. The van der Waals surface area contributed by atoms with Crippen LogP contribution in [-0.2, 0) is 4.79 Å². The van der Waals surface area contributed by atoms with Crippen LogP contribution >= 0.6 is 11.3 Å². The maximum Gasteiger partial charge on any atom is 0.346 e. The molecule has 2 N–H and O–H groups in total. The molecule has 0 aliphatic rings. The van der Waals surface area contributed by atoms with Gasteiger partial charge in [0.25, 0.3) is 5.91 Å². The van der Waals surface area contributed by atoms with E-state index in [4.69, 9.17) is 9.84 Å². The zero-order valence-corrected chi connectivity index (χ0v) is 11.3. The van der Waals surface area contributed by atoms with Crippen molar-refractivity contribution in [1.29, 1.82) is 0 Å². The van der Waals surface area contributed by atoms with Crippen LogP contribution in [0.2, 0.25) is 0 Å². The molecular weight excluding hydrogens is 254 g/mol. The number of carboxylic acid groups (broad SMARTS) is 1. The van der Waals surface area contributed by atoms with Crippen LogP contribution in [0.15, 0.2) is 11.4 Å². The minimum atomic E-state index is -0.990. The molecule has 0 saturated heterocycles. The average Bonchev–Trinajstić information content (AvgIpc) is 2.82. The number of carbonyl (C=O) groups excluding carboxylic acids is 1. The summed E-state index contributed by atoms with van der Waals surface area (Å²) in [6.07, 6.45) is 1.76. The molecular formula is C12H17NO4S. The summed E-state index contributed by atoms with van der Waals surface area (Å²) in [6.45, 7) is 3.92. The topological polar surface area (TPSA) is 75.6 Å². The number of carbonyl (C=O) groups is 2. The Morgan fingerprint density at radius 1 is 1.44 bits per heavy atom. The van der Waals surface area contributed by atoms with Crippen molar-refractivity contribution in [3.63, 3.8) is 0 Å². The summed E-state index contributed by atoms with van der Waals surface area (Å²) in [5.41, 5.74) is 0. The van der Waals surface area contributed by atoms with Gasteiger partial charge in [-0.3, -0.25) is 4.79 Å². The lowest BCUT2D eigenvalue weighted by Gasteiger charge is -2.14. The smallest absolute Gasteiger partial charge is 0.346 e. The maximum atomic E-state index is 11.5. The molecule has 5 nitrogen and oxygen atoms in total. The second-order valence-electron chi connectivity index (χ2n) is 3.82. The third-order valence-electron chi connectivity index (χ3n) is 2.51. The van der Waals surface area contributed by atoms with Crippen LogP contribution in [0.25, 0.3) is 0 Å². The minimum absolute atomic E-state index is 0.0910. The predicted molar refractivity (Wildman–Crippen MR) is 69.3 cm³/mol. The van der Waals surface area contributed by atoms with Crippen molar-refractivity contribution in [1.82, 2.24) is 5.32 Å². The van der Waals surface area contributed by atoms with Gasteiger partial charge in [0, 0.05) is 17.5 Å². The first-order chi connectivity index (χ1) is 8.56. The maximum absolute atomic E-state index is 11.5. The summed E-state index contributed by atoms with van der Waals surface area (Å²) >= 11 is 1.08. The molecule has 1 aromatic heterocycles. The van der Waals surface area contributed by atoms with E-state index in [0.717, 1.165) is 24.2 Å². The number of hydrogen-bond donors (Lipinski definition) is 2. The monoisotopic (exact) mass is 271 g/mol. The first kappa shape index (κ1) is 14.5. The van der Waals surface area contributed by atoms with Crippen LogP contribution in [0.5, 0.6) is 5.75 Å². The van der Waals surface area contributed by atoms with Gasteiger partial charge in [-0.2, -0.15) is 0 Å². The van der Waals surface area contributed by atoms with Crippen LogP contribution in [0.4, 0.5) is 0 Å². The molecule has 1 amide bonds. The van der Waals surface area contributed by atoms with Crippen molar-refractivity contribution in [3.05, 3.63) is 16.3 Å². The van der Waals surface area contributed by atoms with E-state index >= 15 is 0 Å². The number of rotatable bonds is 7. The molecule has 100 valence electrons. The van der Waals surface area contributed by atoms with Gasteiger partial charge >= 0.3 is 5.97 Å². The van der Waals surface area contributed by atoms with E-state index in [2.05, 4.69) is 5.32 Å². The van der Waals surface area contributed by atoms with E-state index in [1.165, 1.54) is 6.07 Å². The van der Waals surface area contributed by atoms with Gasteiger partial charge in [0.05, 0.1) is 0 Å². The van der Waals surface area contributed by atoms with Gasteiger partial charge < -0.3 is 15.2 Å². The molecule has 0 aromatic carbocycles. The molecule has 0 saturated carbocycles. The van der Waals surface area contributed by atoms with E-state index in [1.54, 1.807) is 5.38 Å². The molecule has 0 fully saturated rings. The Balaban J connectivity index is 2.39. The fraction of sp³-hybridized carbons (Fsp3) is 0.500. The zero-order valence-electron chi connectivity index (χ0n) is 10.4. The Kier molecular flexibility index (Phi) is 5.64. The third kappa shape index (κ3) is 4.37. The van der Waals surface area contributed by atoms with Crippen molar-refractivity contribution in [2.45, 2.75) is 32.7 Å². The van der Waals surface area contributed by atoms with Gasteiger partial charge in [0.15, 0.2) is 6.61 Å². The summed E-state index contributed by atoms with van der Waals surface area (Å²) in [5, 5.41) is 13.2. The van der Waals surface area contributed by atoms with Gasteiger partial charge in [-0.05, 0) is 12.8 Å². The lowest BCUT2D eigenvalue weighted by molar-refractivity contribution is -0.123. The number of hydrogen-bond acceptors (Lipinski definition) is 4.